The van der Waals surface area contributed by atoms with Gasteiger partial charge in [0, 0.05) is 33.3 Å². The van der Waals surface area contributed by atoms with E-state index in [0.717, 1.165) is 12.8 Å². The Kier molecular flexibility index (Phi) is 11.0. The fourth-order valence-electron chi connectivity index (χ4n) is 4.21. The van der Waals surface area contributed by atoms with Gasteiger partial charge < -0.3 is 28.4 Å². The maximum atomic E-state index is 13.1. The van der Waals surface area contributed by atoms with Crippen LogP contribution in [0.5, 0.6) is 0 Å². The van der Waals surface area contributed by atoms with Crippen molar-refractivity contribution in [2.45, 2.75) is 109 Å². The molecule has 0 unspecified atom stereocenters. The molecule has 0 aromatic carbocycles. The molecule has 8 heteroatoms. The third-order valence-corrected chi connectivity index (χ3v) is 6.62. The molecule has 0 aromatic heterocycles. The molecule has 0 bridgehead atoms. The maximum absolute atomic E-state index is 13.1. The molecule has 33 heavy (non-hydrogen) atoms. The van der Waals surface area contributed by atoms with E-state index in [-0.39, 0.29) is 12.4 Å². The summed E-state index contributed by atoms with van der Waals surface area (Å²) in [7, 11) is 2.98. The monoisotopic (exact) mass is 470 g/mol. The molecular weight excluding hydrogens is 428 g/mol. The Bertz CT molecular complexity index is 677. The number of rotatable bonds is 14. The van der Waals surface area contributed by atoms with Crippen LogP contribution >= 0.6 is 0 Å². The van der Waals surface area contributed by atoms with Gasteiger partial charge in [-0.05, 0) is 26.3 Å². The first-order chi connectivity index (χ1) is 15.7. The second-order valence-corrected chi connectivity index (χ2v) is 9.07. The van der Waals surface area contributed by atoms with Gasteiger partial charge in [-0.1, -0.05) is 51.9 Å². The highest BCUT2D eigenvalue weighted by molar-refractivity contribution is 6.01. The van der Waals surface area contributed by atoms with Crippen LogP contribution in [0, 0.1) is 0 Å². The number of carbonyl (C=O) groups is 2. The van der Waals surface area contributed by atoms with Crippen LogP contribution in [-0.4, -0.2) is 69.1 Å². The van der Waals surface area contributed by atoms with E-state index in [1.807, 2.05) is 0 Å². The van der Waals surface area contributed by atoms with Crippen molar-refractivity contribution in [2.75, 3.05) is 27.4 Å². The van der Waals surface area contributed by atoms with Crippen molar-refractivity contribution in [1.29, 1.82) is 0 Å². The van der Waals surface area contributed by atoms with E-state index in [2.05, 4.69) is 6.92 Å². The summed E-state index contributed by atoms with van der Waals surface area (Å²) in [4.78, 5) is 24.4. The van der Waals surface area contributed by atoms with Gasteiger partial charge >= 0.3 is 5.97 Å². The average molecular weight is 471 g/mol. The lowest BCUT2D eigenvalue weighted by atomic mass is 9.88. The summed E-state index contributed by atoms with van der Waals surface area (Å²) in [5, 5.41) is 0. The molecule has 0 amide bonds. The molecule has 0 aromatic rings. The first-order valence-electron chi connectivity index (χ1n) is 12.2. The molecule has 1 heterocycles. The Balaban J connectivity index is 2.05. The summed E-state index contributed by atoms with van der Waals surface area (Å²) in [5.41, 5.74) is 0.329. The van der Waals surface area contributed by atoms with E-state index in [4.69, 9.17) is 28.4 Å². The Morgan fingerprint density at radius 2 is 1.55 bits per heavy atom. The van der Waals surface area contributed by atoms with Crippen LogP contribution in [0.4, 0.5) is 0 Å². The summed E-state index contributed by atoms with van der Waals surface area (Å²) in [6, 6.07) is 0. The van der Waals surface area contributed by atoms with E-state index in [0.29, 0.717) is 12.2 Å². The third kappa shape index (κ3) is 7.09. The highest BCUT2D eigenvalue weighted by Crippen LogP contribution is 2.42. The fourth-order valence-corrected chi connectivity index (χ4v) is 4.21. The lowest BCUT2D eigenvalue weighted by molar-refractivity contribution is -0.447. The lowest BCUT2D eigenvalue weighted by Crippen LogP contribution is -2.69. The molecule has 0 N–H and O–H groups in total. The number of Topliss-reactive ketones (excluding diaryl/α,β-unsaturated/α-hetero) is 1. The van der Waals surface area contributed by atoms with Crippen LogP contribution in [0.3, 0.4) is 0 Å². The van der Waals surface area contributed by atoms with Gasteiger partial charge in [0.1, 0.15) is 18.8 Å². The SMILES string of the molecule is CCCCCCCCCCO[C@H]1C=C(COC(C)=O)C(=O)[C@@H]2O[C@@](C)(OC)[C@](C)(OC)O[C@@H]12. The van der Waals surface area contributed by atoms with Crippen molar-refractivity contribution >= 4 is 11.8 Å². The minimum Gasteiger partial charge on any atom is -0.461 e. The second-order valence-electron chi connectivity index (χ2n) is 9.07. The molecule has 1 aliphatic heterocycles. The van der Waals surface area contributed by atoms with Gasteiger partial charge in [-0.3, -0.25) is 9.59 Å². The smallest absolute Gasteiger partial charge is 0.302 e. The Labute approximate surface area is 198 Å². The van der Waals surface area contributed by atoms with E-state index in [1.54, 1.807) is 19.9 Å². The van der Waals surface area contributed by atoms with Crippen molar-refractivity contribution < 1.29 is 38.0 Å². The summed E-state index contributed by atoms with van der Waals surface area (Å²) in [6.45, 7) is 7.30. The molecule has 1 fully saturated rings. The van der Waals surface area contributed by atoms with E-state index < -0.39 is 35.9 Å². The summed E-state index contributed by atoms with van der Waals surface area (Å²) < 4.78 is 34.7. The zero-order chi connectivity index (χ0) is 24.5. The van der Waals surface area contributed by atoms with E-state index in [1.165, 1.54) is 59.7 Å². The molecule has 5 atom stereocenters. The number of hydrogen-bond donors (Lipinski definition) is 0. The summed E-state index contributed by atoms with van der Waals surface area (Å²) in [6.07, 6.45) is 9.05. The minimum absolute atomic E-state index is 0.135. The molecule has 0 spiro atoms. The number of esters is 1. The lowest BCUT2D eigenvalue weighted by Gasteiger charge is -2.53. The van der Waals surface area contributed by atoms with Gasteiger partial charge in [0.25, 0.3) is 0 Å². The number of fused-ring (bicyclic) bond motifs is 1. The molecule has 0 radical (unpaired) electrons. The molecule has 8 nitrogen and oxygen atoms in total. The second kappa shape index (κ2) is 13.0. The Morgan fingerprint density at radius 3 is 2.12 bits per heavy atom. The molecule has 1 saturated heterocycles. The van der Waals surface area contributed by atoms with Crippen molar-refractivity contribution in [3.8, 4) is 0 Å². The molecule has 190 valence electrons. The van der Waals surface area contributed by atoms with Gasteiger partial charge in [0.15, 0.2) is 11.9 Å². The van der Waals surface area contributed by atoms with Crippen molar-refractivity contribution in [3.05, 3.63) is 11.6 Å². The largest absolute Gasteiger partial charge is 0.461 e. The summed E-state index contributed by atoms with van der Waals surface area (Å²) >= 11 is 0. The molecule has 0 saturated carbocycles. The maximum Gasteiger partial charge on any atom is 0.302 e. The predicted octanol–water partition coefficient (Wildman–Crippen LogP) is 4.09. The van der Waals surface area contributed by atoms with Crippen LogP contribution in [0.1, 0.15) is 79.1 Å². The van der Waals surface area contributed by atoms with Gasteiger partial charge in [-0.25, -0.2) is 0 Å². The zero-order valence-corrected chi connectivity index (χ0v) is 21.1. The minimum atomic E-state index is -1.31. The molecule has 2 aliphatic rings. The van der Waals surface area contributed by atoms with E-state index in [9.17, 15) is 9.59 Å². The number of methoxy groups -OCH3 is 2. The number of ketones is 1. The number of carbonyl (C=O) groups excluding carboxylic acids is 2. The van der Waals surface area contributed by atoms with Crippen LogP contribution in [0.2, 0.25) is 0 Å². The van der Waals surface area contributed by atoms with Gasteiger partial charge in [-0.2, -0.15) is 0 Å². The van der Waals surface area contributed by atoms with Gasteiger partial charge in [-0.15, -0.1) is 0 Å². The van der Waals surface area contributed by atoms with Crippen LogP contribution in [-0.2, 0) is 38.0 Å². The fraction of sp³-hybridized carbons (Fsp3) is 0.840. The van der Waals surface area contributed by atoms with Crippen LogP contribution in [0.25, 0.3) is 0 Å². The molecule has 1 aliphatic carbocycles. The summed E-state index contributed by atoms with van der Waals surface area (Å²) in [5.74, 6) is -3.33. The van der Waals surface area contributed by atoms with Crippen LogP contribution < -0.4 is 0 Å². The van der Waals surface area contributed by atoms with E-state index >= 15 is 0 Å². The Morgan fingerprint density at radius 1 is 0.970 bits per heavy atom. The first-order valence-corrected chi connectivity index (χ1v) is 12.2. The topological polar surface area (TPSA) is 89.5 Å². The van der Waals surface area contributed by atoms with Crippen LogP contribution in [0.15, 0.2) is 11.6 Å². The van der Waals surface area contributed by atoms with Crippen molar-refractivity contribution in [1.82, 2.24) is 0 Å². The average Bonchev–Trinajstić information content (AvgIpc) is 2.79. The quantitative estimate of drug-likeness (QED) is 0.277. The van der Waals surface area contributed by atoms with Gasteiger partial charge in [0.05, 0.1) is 0 Å². The molecule has 2 rings (SSSR count). The van der Waals surface area contributed by atoms with Crippen molar-refractivity contribution in [2.24, 2.45) is 0 Å². The highest BCUT2D eigenvalue weighted by atomic mass is 16.8. The highest BCUT2D eigenvalue weighted by Gasteiger charge is 2.60. The first kappa shape index (κ1) is 27.9. The normalized spacial score (nSPS) is 31.8. The zero-order valence-electron chi connectivity index (χ0n) is 21.1. The standard InChI is InChI=1S/C25H42O8/c1-7-8-9-10-11-12-13-14-15-30-20-16-19(17-31-18(2)26)21(27)23-22(20)32-24(3,28-5)25(4,29-6)33-23/h16,20,22-23H,7-15,17H2,1-6H3/t20-,22-,23-,24+,25+/m0/s1. The number of ether oxygens (including phenoxy) is 6. The predicted molar refractivity (Wildman–Crippen MR) is 123 cm³/mol. The number of unbranched alkanes of at least 4 members (excludes halogenated alkanes) is 7. The Hall–Kier alpha value is -1.32. The van der Waals surface area contributed by atoms with Gasteiger partial charge in [0.2, 0.25) is 11.6 Å². The van der Waals surface area contributed by atoms with Crippen molar-refractivity contribution in [3.63, 3.8) is 0 Å². The number of hydrogen-bond acceptors (Lipinski definition) is 8. The third-order valence-electron chi connectivity index (χ3n) is 6.62. The molecular formula is C25H42O8.